The average molecular weight is 443 g/mol. The first-order chi connectivity index (χ1) is 16.6. The standard InChI is InChI=1S/C28H17N3O3/c29-18-19-10-12-20(13-11-19)21-14-16-23(17-15-21)34-28(33)26-24-8-4-5-9-25(24)27(32)31(30-26)22-6-2-1-3-7-22/h1-17H. The van der Waals surface area contributed by atoms with Gasteiger partial charge in [-0.05, 0) is 53.6 Å². The summed E-state index contributed by atoms with van der Waals surface area (Å²) in [6.07, 6.45) is 0. The highest BCUT2D eigenvalue weighted by atomic mass is 16.5. The number of rotatable bonds is 4. The summed E-state index contributed by atoms with van der Waals surface area (Å²) in [7, 11) is 0. The summed E-state index contributed by atoms with van der Waals surface area (Å²) < 4.78 is 6.82. The molecule has 0 atom stereocenters. The quantitative estimate of drug-likeness (QED) is 0.283. The lowest BCUT2D eigenvalue weighted by atomic mass is 10.0. The van der Waals surface area contributed by atoms with Gasteiger partial charge in [-0.15, -0.1) is 0 Å². The molecular weight excluding hydrogens is 426 g/mol. The Balaban J connectivity index is 1.48. The summed E-state index contributed by atoms with van der Waals surface area (Å²) in [5, 5.41) is 14.1. The minimum atomic E-state index is -0.660. The molecule has 4 aromatic carbocycles. The molecule has 0 aliphatic heterocycles. The Labute approximate surface area is 194 Å². The molecule has 6 nitrogen and oxygen atoms in total. The van der Waals surface area contributed by atoms with Gasteiger partial charge < -0.3 is 4.74 Å². The highest BCUT2D eigenvalue weighted by Crippen LogP contribution is 2.24. The van der Waals surface area contributed by atoms with Crippen molar-refractivity contribution in [1.82, 2.24) is 9.78 Å². The van der Waals surface area contributed by atoms with Gasteiger partial charge in [0, 0.05) is 5.39 Å². The summed E-state index contributed by atoms with van der Waals surface area (Å²) in [6.45, 7) is 0. The highest BCUT2D eigenvalue weighted by molar-refractivity contribution is 6.03. The lowest BCUT2D eigenvalue weighted by molar-refractivity contribution is 0.0729. The van der Waals surface area contributed by atoms with Gasteiger partial charge in [0.25, 0.3) is 5.56 Å². The van der Waals surface area contributed by atoms with Gasteiger partial charge in [-0.25, -0.2) is 4.79 Å². The number of nitrogens with zero attached hydrogens (tertiary/aromatic N) is 3. The van der Waals surface area contributed by atoms with Crippen LogP contribution in [-0.4, -0.2) is 15.7 Å². The monoisotopic (exact) mass is 443 g/mol. The first kappa shape index (κ1) is 20.9. The summed E-state index contributed by atoms with van der Waals surface area (Å²) in [6, 6.07) is 32.2. The number of benzene rings is 4. The SMILES string of the molecule is N#Cc1ccc(-c2ccc(OC(=O)c3nn(-c4ccccc4)c(=O)c4ccccc34)cc2)cc1. The van der Waals surface area contributed by atoms with E-state index in [-0.39, 0.29) is 11.3 Å². The molecule has 0 aliphatic carbocycles. The third kappa shape index (κ3) is 3.94. The number of hydrogen-bond acceptors (Lipinski definition) is 5. The van der Waals surface area contributed by atoms with Crippen molar-refractivity contribution >= 4 is 16.7 Å². The number of para-hydroxylation sites is 1. The Morgan fingerprint density at radius 1 is 0.765 bits per heavy atom. The fraction of sp³-hybridized carbons (Fsp3) is 0. The van der Waals surface area contributed by atoms with E-state index in [1.807, 2.05) is 30.3 Å². The van der Waals surface area contributed by atoms with Crippen molar-refractivity contribution in [3.63, 3.8) is 0 Å². The molecule has 0 bridgehead atoms. The molecule has 0 radical (unpaired) electrons. The highest BCUT2D eigenvalue weighted by Gasteiger charge is 2.19. The lowest BCUT2D eigenvalue weighted by Crippen LogP contribution is -2.25. The zero-order valence-corrected chi connectivity index (χ0v) is 17.9. The fourth-order valence-corrected chi connectivity index (χ4v) is 3.69. The van der Waals surface area contributed by atoms with Gasteiger partial charge >= 0.3 is 5.97 Å². The maximum absolute atomic E-state index is 13.1. The first-order valence-electron chi connectivity index (χ1n) is 10.5. The molecule has 0 unspecified atom stereocenters. The zero-order valence-electron chi connectivity index (χ0n) is 17.9. The van der Waals surface area contributed by atoms with E-state index in [9.17, 15) is 9.59 Å². The largest absolute Gasteiger partial charge is 0.422 e. The van der Waals surface area contributed by atoms with Gasteiger partial charge in [0.05, 0.1) is 22.7 Å². The van der Waals surface area contributed by atoms with Gasteiger partial charge in [0.2, 0.25) is 0 Å². The van der Waals surface area contributed by atoms with E-state index < -0.39 is 5.97 Å². The van der Waals surface area contributed by atoms with Gasteiger partial charge in [0.15, 0.2) is 5.69 Å². The Morgan fingerprint density at radius 2 is 1.35 bits per heavy atom. The maximum Gasteiger partial charge on any atom is 0.364 e. The smallest absolute Gasteiger partial charge is 0.364 e. The van der Waals surface area contributed by atoms with Gasteiger partial charge in [-0.1, -0.05) is 60.7 Å². The van der Waals surface area contributed by atoms with E-state index in [2.05, 4.69) is 11.2 Å². The second kappa shape index (κ2) is 8.85. The van der Waals surface area contributed by atoms with Gasteiger partial charge in [0.1, 0.15) is 5.75 Å². The third-order valence-electron chi connectivity index (χ3n) is 5.41. The third-order valence-corrected chi connectivity index (χ3v) is 5.41. The van der Waals surface area contributed by atoms with Crippen LogP contribution in [0.1, 0.15) is 16.1 Å². The van der Waals surface area contributed by atoms with Crippen LogP contribution in [0.2, 0.25) is 0 Å². The van der Waals surface area contributed by atoms with Crippen molar-refractivity contribution in [3.05, 3.63) is 125 Å². The predicted molar refractivity (Wildman–Crippen MR) is 129 cm³/mol. The summed E-state index contributed by atoms with van der Waals surface area (Å²) in [4.78, 5) is 26.1. The Bertz CT molecular complexity index is 1600. The lowest BCUT2D eigenvalue weighted by Gasteiger charge is -2.11. The molecule has 0 saturated carbocycles. The van der Waals surface area contributed by atoms with Crippen LogP contribution in [0.3, 0.4) is 0 Å². The first-order valence-corrected chi connectivity index (χ1v) is 10.5. The molecule has 0 amide bonds. The van der Waals surface area contributed by atoms with E-state index in [1.165, 1.54) is 4.68 Å². The predicted octanol–water partition coefficient (Wildman–Crippen LogP) is 5.14. The van der Waals surface area contributed by atoms with E-state index >= 15 is 0 Å². The van der Waals surface area contributed by atoms with Crippen LogP contribution in [0.25, 0.3) is 27.6 Å². The maximum atomic E-state index is 13.1. The minimum absolute atomic E-state index is 0.0511. The van der Waals surface area contributed by atoms with Crippen LogP contribution in [0, 0.1) is 11.3 Å². The van der Waals surface area contributed by atoms with Crippen molar-refractivity contribution in [2.45, 2.75) is 0 Å². The molecule has 0 aliphatic rings. The second-order valence-corrected chi connectivity index (χ2v) is 7.55. The molecule has 1 aromatic heterocycles. The minimum Gasteiger partial charge on any atom is -0.422 e. The Hall–Kier alpha value is -5.02. The van der Waals surface area contributed by atoms with Crippen LogP contribution in [0.4, 0.5) is 0 Å². The Kier molecular flexibility index (Phi) is 5.43. The number of nitriles is 1. The van der Waals surface area contributed by atoms with E-state index in [4.69, 9.17) is 10.00 Å². The molecule has 0 saturated heterocycles. The molecule has 162 valence electrons. The number of esters is 1. The van der Waals surface area contributed by atoms with E-state index in [1.54, 1.807) is 72.8 Å². The number of fused-ring (bicyclic) bond motifs is 1. The molecule has 34 heavy (non-hydrogen) atoms. The second-order valence-electron chi connectivity index (χ2n) is 7.55. The van der Waals surface area contributed by atoms with E-state index in [0.717, 1.165) is 11.1 Å². The van der Waals surface area contributed by atoms with Gasteiger partial charge in [-0.3, -0.25) is 4.79 Å². The van der Waals surface area contributed by atoms with Crippen molar-refractivity contribution in [2.24, 2.45) is 0 Å². The number of ether oxygens (including phenoxy) is 1. The molecular formula is C28H17N3O3. The topological polar surface area (TPSA) is 85.0 Å². The van der Waals surface area contributed by atoms with Crippen LogP contribution in [0.15, 0.2) is 108 Å². The number of carbonyl (C=O) groups excluding carboxylic acids is 1. The molecule has 0 fully saturated rings. The van der Waals surface area contributed by atoms with Crippen LogP contribution < -0.4 is 10.3 Å². The normalized spacial score (nSPS) is 10.6. The number of carbonyl (C=O) groups is 1. The molecule has 0 spiro atoms. The van der Waals surface area contributed by atoms with Crippen LogP contribution >= 0.6 is 0 Å². The fourth-order valence-electron chi connectivity index (χ4n) is 3.69. The summed E-state index contributed by atoms with van der Waals surface area (Å²) >= 11 is 0. The molecule has 5 rings (SSSR count). The van der Waals surface area contributed by atoms with E-state index in [0.29, 0.717) is 27.8 Å². The molecule has 5 aromatic rings. The Morgan fingerprint density at radius 3 is 2.00 bits per heavy atom. The zero-order chi connectivity index (χ0) is 23.5. The molecule has 6 heteroatoms. The average Bonchev–Trinajstić information content (AvgIpc) is 2.90. The van der Waals surface area contributed by atoms with Crippen LogP contribution in [0.5, 0.6) is 5.75 Å². The molecule has 0 N–H and O–H groups in total. The van der Waals surface area contributed by atoms with Crippen molar-refractivity contribution in [1.29, 1.82) is 5.26 Å². The van der Waals surface area contributed by atoms with Crippen LogP contribution in [-0.2, 0) is 0 Å². The van der Waals surface area contributed by atoms with Gasteiger partial charge in [-0.2, -0.15) is 15.0 Å². The summed E-state index contributed by atoms with van der Waals surface area (Å²) in [5.74, 6) is -0.308. The van der Waals surface area contributed by atoms with Crippen molar-refractivity contribution in [2.75, 3.05) is 0 Å². The molecule has 1 heterocycles. The van der Waals surface area contributed by atoms with Crippen molar-refractivity contribution in [3.8, 4) is 28.6 Å². The van der Waals surface area contributed by atoms with Crippen molar-refractivity contribution < 1.29 is 9.53 Å². The number of aromatic nitrogens is 2. The number of hydrogen-bond donors (Lipinski definition) is 0. The summed E-state index contributed by atoms with van der Waals surface area (Å²) in [5.41, 5.74) is 2.75.